The van der Waals surface area contributed by atoms with E-state index in [0.717, 1.165) is 19.4 Å². The highest BCUT2D eigenvalue weighted by molar-refractivity contribution is 5.94. The van der Waals surface area contributed by atoms with Crippen LogP contribution < -0.4 is 10.6 Å². The van der Waals surface area contributed by atoms with Gasteiger partial charge in [0, 0.05) is 0 Å². The van der Waals surface area contributed by atoms with Crippen molar-refractivity contribution in [2.24, 2.45) is 0 Å². The third-order valence-electron chi connectivity index (χ3n) is 3.05. The maximum atomic E-state index is 11.9. The summed E-state index contributed by atoms with van der Waals surface area (Å²) in [7, 11) is 0. The Bertz CT molecular complexity index is 554. The number of rotatable bonds is 3. The van der Waals surface area contributed by atoms with E-state index in [9.17, 15) is 4.79 Å². The van der Waals surface area contributed by atoms with Gasteiger partial charge in [-0.05, 0) is 31.5 Å². The molecule has 2 aromatic heterocycles. The van der Waals surface area contributed by atoms with Crippen LogP contribution in [0, 0.1) is 0 Å². The van der Waals surface area contributed by atoms with Crippen molar-refractivity contribution in [3.63, 3.8) is 0 Å². The van der Waals surface area contributed by atoms with Crippen LogP contribution in [-0.4, -0.2) is 38.2 Å². The molecule has 0 unspecified atom stereocenters. The maximum absolute atomic E-state index is 11.9. The van der Waals surface area contributed by atoms with Gasteiger partial charge in [0.2, 0.25) is 5.91 Å². The number of carbonyl (C=O) groups excluding carboxylic acids is 1. The summed E-state index contributed by atoms with van der Waals surface area (Å²) in [6, 6.07) is 3.50. The van der Waals surface area contributed by atoms with E-state index in [0.29, 0.717) is 11.5 Å². The third kappa shape index (κ3) is 4.13. The lowest BCUT2D eigenvalue weighted by Crippen LogP contribution is -2.35. The summed E-state index contributed by atoms with van der Waals surface area (Å²) in [4.78, 5) is 20.0. The van der Waals surface area contributed by atoms with Crippen molar-refractivity contribution in [2.45, 2.75) is 18.9 Å². The molecule has 0 aromatic carbocycles. The van der Waals surface area contributed by atoms with Gasteiger partial charge in [-0.2, -0.15) is 5.10 Å². The summed E-state index contributed by atoms with van der Waals surface area (Å²) >= 11 is 0. The molecule has 1 amide bonds. The first-order chi connectivity index (χ1) is 9.33. The van der Waals surface area contributed by atoms with Crippen molar-refractivity contribution in [1.29, 1.82) is 0 Å². The molecule has 9 heteroatoms. The molecule has 114 valence electrons. The molecule has 1 fully saturated rings. The Kier molecular flexibility index (Phi) is 6.54. The van der Waals surface area contributed by atoms with Crippen LogP contribution in [0.15, 0.2) is 31.0 Å². The number of halogens is 2. The molecule has 1 aliphatic rings. The van der Waals surface area contributed by atoms with Gasteiger partial charge in [-0.3, -0.25) is 4.79 Å². The molecule has 0 bridgehead atoms. The first-order valence-corrected chi connectivity index (χ1v) is 6.18. The topological polar surface area (TPSA) is 84.7 Å². The van der Waals surface area contributed by atoms with Crippen molar-refractivity contribution >= 4 is 36.4 Å². The van der Waals surface area contributed by atoms with Crippen LogP contribution in [0.4, 0.5) is 5.69 Å². The van der Waals surface area contributed by atoms with E-state index in [1.54, 1.807) is 29.3 Å². The Balaban J connectivity index is 0.00000110. The second-order valence-corrected chi connectivity index (χ2v) is 4.38. The third-order valence-corrected chi connectivity index (χ3v) is 3.05. The van der Waals surface area contributed by atoms with Crippen LogP contribution in [0.3, 0.4) is 0 Å². The van der Waals surface area contributed by atoms with Crippen molar-refractivity contribution in [3.05, 3.63) is 31.0 Å². The molecule has 0 aliphatic carbocycles. The summed E-state index contributed by atoms with van der Waals surface area (Å²) in [6.45, 7) is 0.904. The lowest BCUT2D eigenvalue weighted by atomic mass is 10.2. The van der Waals surface area contributed by atoms with Crippen molar-refractivity contribution < 1.29 is 4.79 Å². The van der Waals surface area contributed by atoms with Crippen LogP contribution in [0.2, 0.25) is 0 Å². The average molecular weight is 331 g/mol. The second kappa shape index (κ2) is 7.92. The maximum Gasteiger partial charge on any atom is 0.241 e. The van der Waals surface area contributed by atoms with Gasteiger partial charge < -0.3 is 10.6 Å². The zero-order chi connectivity index (χ0) is 13.1. The number of nitrogens with zero attached hydrogens (tertiary/aromatic N) is 4. The minimum atomic E-state index is -0.0880. The van der Waals surface area contributed by atoms with E-state index in [1.165, 1.54) is 6.33 Å². The Morgan fingerprint density at radius 3 is 2.81 bits per heavy atom. The fraction of sp³-hybridized carbons (Fsp3) is 0.333. The quantitative estimate of drug-likeness (QED) is 0.883. The van der Waals surface area contributed by atoms with Gasteiger partial charge in [0.15, 0.2) is 5.82 Å². The van der Waals surface area contributed by atoms with Crippen LogP contribution in [0.1, 0.15) is 12.8 Å². The van der Waals surface area contributed by atoms with Gasteiger partial charge in [-0.1, -0.05) is 0 Å². The monoisotopic (exact) mass is 330 g/mol. The lowest BCUT2D eigenvalue weighted by molar-refractivity contribution is -0.117. The Hall–Kier alpha value is -1.70. The fourth-order valence-corrected chi connectivity index (χ4v) is 2.06. The minimum Gasteiger partial charge on any atom is -0.323 e. The zero-order valence-electron chi connectivity index (χ0n) is 11.1. The van der Waals surface area contributed by atoms with Gasteiger partial charge >= 0.3 is 0 Å². The normalized spacial score (nSPS) is 16.7. The molecule has 2 N–H and O–H groups in total. The SMILES string of the molecule is Cl.Cl.O=C(Nc1ccc(-n2cncn2)nc1)[C@@H]1CCCN1. The Labute approximate surface area is 134 Å². The molecule has 0 radical (unpaired) electrons. The molecule has 7 nitrogen and oxygen atoms in total. The first kappa shape index (κ1) is 17.4. The standard InChI is InChI=1S/C12H14N6O.2ClH/c19-12(10-2-1-5-14-10)17-9-3-4-11(15-6-9)18-8-13-7-16-18;;/h3-4,6-8,10,14H,1-2,5H2,(H,17,19);2*1H/t10-;;/m0../s1. The number of nitrogens with one attached hydrogen (secondary N) is 2. The molecule has 2 aromatic rings. The van der Waals surface area contributed by atoms with E-state index in [-0.39, 0.29) is 36.8 Å². The first-order valence-electron chi connectivity index (χ1n) is 6.18. The second-order valence-electron chi connectivity index (χ2n) is 4.38. The molecule has 1 aliphatic heterocycles. The number of carbonyl (C=O) groups is 1. The van der Waals surface area contributed by atoms with Gasteiger partial charge in [-0.25, -0.2) is 14.6 Å². The summed E-state index contributed by atoms with van der Waals surface area (Å²) in [5.74, 6) is 0.655. The Morgan fingerprint density at radius 2 is 2.24 bits per heavy atom. The minimum absolute atomic E-state index is 0. The smallest absolute Gasteiger partial charge is 0.241 e. The molecule has 0 saturated carbocycles. The van der Waals surface area contributed by atoms with Crippen molar-refractivity contribution in [3.8, 4) is 5.82 Å². The molecule has 1 saturated heterocycles. The number of hydrogen-bond donors (Lipinski definition) is 2. The highest BCUT2D eigenvalue weighted by atomic mass is 35.5. The summed E-state index contributed by atoms with van der Waals surface area (Å²) in [5, 5.41) is 9.99. The lowest BCUT2D eigenvalue weighted by Gasteiger charge is -2.10. The van der Waals surface area contributed by atoms with E-state index in [2.05, 4.69) is 25.7 Å². The highest BCUT2D eigenvalue weighted by Crippen LogP contribution is 2.11. The van der Waals surface area contributed by atoms with E-state index < -0.39 is 0 Å². The molecule has 0 spiro atoms. The molecule has 3 rings (SSSR count). The number of hydrogen-bond acceptors (Lipinski definition) is 5. The average Bonchev–Trinajstić information content (AvgIpc) is 3.13. The van der Waals surface area contributed by atoms with E-state index in [4.69, 9.17) is 0 Å². The number of aromatic nitrogens is 4. The van der Waals surface area contributed by atoms with Crippen LogP contribution in [-0.2, 0) is 4.79 Å². The molecular weight excluding hydrogens is 315 g/mol. The van der Waals surface area contributed by atoms with Crippen molar-refractivity contribution in [2.75, 3.05) is 11.9 Å². The predicted molar refractivity (Wildman–Crippen MR) is 83.3 cm³/mol. The van der Waals surface area contributed by atoms with Crippen LogP contribution in [0.25, 0.3) is 5.82 Å². The van der Waals surface area contributed by atoms with Gasteiger partial charge in [0.25, 0.3) is 0 Å². The zero-order valence-corrected chi connectivity index (χ0v) is 12.7. The predicted octanol–water partition coefficient (Wildman–Crippen LogP) is 1.20. The molecule has 21 heavy (non-hydrogen) atoms. The fourth-order valence-electron chi connectivity index (χ4n) is 2.06. The number of amides is 1. The number of pyridine rings is 1. The summed E-state index contributed by atoms with van der Waals surface area (Å²) < 4.78 is 1.56. The van der Waals surface area contributed by atoms with Crippen LogP contribution in [0.5, 0.6) is 0 Å². The molecular formula is C12H16Cl2N6O. The molecule has 3 heterocycles. The van der Waals surface area contributed by atoms with E-state index >= 15 is 0 Å². The summed E-state index contributed by atoms with van der Waals surface area (Å²) in [6.07, 6.45) is 6.56. The van der Waals surface area contributed by atoms with Gasteiger partial charge in [0.1, 0.15) is 12.7 Å². The highest BCUT2D eigenvalue weighted by Gasteiger charge is 2.21. The van der Waals surface area contributed by atoms with Gasteiger partial charge in [-0.15, -0.1) is 24.8 Å². The van der Waals surface area contributed by atoms with E-state index in [1.807, 2.05) is 0 Å². The van der Waals surface area contributed by atoms with Crippen molar-refractivity contribution in [1.82, 2.24) is 25.1 Å². The van der Waals surface area contributed by atoms with Gasteiger partial charge in [0.05, 0.1) is 17.9 Å². The van der Waals surface area contributed by atoms with Crippen LogP contribution >= 0.6 is 24.8 Å². The molecule has 1 atom stereocenters. The Morgan fingerprint density at radius 1 is 1.38 bits per heavy atom. The number of anilines is 1. The largest absolute Gasteiger partial charge is 0.323 e. The summed E-state index contributed by atoms with van der Waals surface area (Å²) in [5.41, 5.74) is 0.683.